The topological polar surface area (TPSA) is 144 Å². The molecular weight excluding hydrogens is 418 g/mol. The Bertz CT molecular complexity index is 934. The molecule has 0 amide bonds. The van der Waals surface area contributed by atoms with E-state index in [2.05, 4.69) is 7.05 Å². The molecule has 2 heterocycles. The van der Waals surface area contributed by atoms with E-state index < -0.39 is 37.3 Å². The normalized spacial score (nSPS) is 32.3. The van der Waals surface area contributed by atoms with E-state index in [1.807, 2.05) is 18.2 Å². The van der Waals surface area contributed by atoms with E-state index in [9.17, 15) is 30.6 Å². The number of nitrogens with one attached hydrogen (secondary N) is 1. The molecule has 1 saturated heterocycles. The van der Waals surface area contributed by atoms with Gasteiger partial charge in [0.05, 0.1) is 25.8 Å². The monoisotopic (exact) mass is 448 g/mol. The number of aliphatic hydroxyl groups excluding tert-OH is 4. The molecule has 9 nitrogen and oxygen atoms in total. The van der Waals surface area contributed by atoms with E-state index in [0.717, 1.165) is 29.7 Å². The van der Waals surface area contributed by atoms with Crippen molar-refractivity contribution in [3.8, 4) is 17.2 Å². The van der Waals surface area contributed by atoms with Crippen LogP contribution in [-0.2, 0) is 17.6 Å². The van der Waals surface area contributed by atoms with Crippen molar-refractivity contribution in [2.24, 2.45) is 0 Å². The average Bonchev–Trinajstić information content (AvgIpc) is 2.79. The number of rotatable bonds is 5. The second kappa shape index (κ2) is 9.22. The Labute approximate surface area is 185 Å². The standard InChI is InChI=1S/C23H29NO8/c1-24-9-8-13-4-7-16(27)22(18(13)15(24)10-12-2-5-14(26)6-3-12)32-23-21(30)20(29)19(28)17(11-25)31-23/h2-7,15,17,19-21,23,25-30H,8-11H2,1H3/p+1/t15-,17+,19+,20-,21+,23-/m0/s1. The van der Waals surface area contributed by atoms with Crippen molar-refractivity contribution in [1.29, 1.82) is 0 Å². The van der Waals surface area contributed by atoms with Crippen LogP contribution >= 0.6 is 0 Å². The Balaban J connectivity index is 1.69. The first-order valence-electron chi connectivity index (χ1n) is 10.7. The molecule has 4 rings (SSSR count). The number of phenolic OH excluding ortho intramolecular Hbond substituents is 2. The van der Waals surface area contributed by atoms with Crippen molar-refractivity contribution in [2.45, 2.75) is 49.6 Å². The summed E-state index contributed by atoms with van der Waals surface area (Å²) < 4.78 is 11.4. The summed E-state index contributed by atoms with van der Waals surface area (Å²) in [6, 6.07) is 10.2. The van der Waals surface area contributed by atoms with Crippen LogP contribution in [0.5, 0.6) is 17.2 Å². The highest BCUT2D eigenvalue weighted by molar-refractivity contribution is 5.52. The van der Waals surface area contributed by atoms with Gasteiger partial charge < -0.3 is 45.0 Å². The van der Waals surface area contributed by atoms with E-state index in [1.165, 1.54) is 11.0 Å². The van der Waals surface area contributed by atoms with Gasteiger partial charge in [0.2, 0.25) is 6.29 Å². The molecule has 1 fully saturated rings. The maximum absolute atomic E-state index is 10.7. The van der Waals surface area contributed by atoms with Crippen LogP contribution < -0.4 is 9.64 Å². The largest absolute Gasteiger partial charge is 0.508 e. The molecule has 0 saturated carbocycles. The number of fused-ring (bicyclic) bond motifs is 1. The van der Waals surface area contributed by atoms with Gasteiger partial charge in [-0.1, -0.05) is 18.2 Å². The lowest BCUT2D eigenvalue weighted by atomic mass is 9.88. The van der Waals surface area contributed by atoms with Crippen LogP contribution in [0.4, 0.5) is 0 Å². The minimum absolute atomic E-state index is 0.0877. The molecule has 2 aromatic carbocycles. The van der Waals surface area contributed by atoms with Crippen LogP contribution in [-0.4, -0.2) is 81.5 Å². The van der Waals surface area contributed by atoms with E-state index >= 15 is 0 Å². The van der Waals surface area contributed by atoms with Gasteiger partial charge in [-0.2, -0.15) is 0 Å². The maximum atomic E-state index is 10.7. The number of aromatic hydroxyl groups is 2. The lowest BCUT2D eigenvalue weighted by Gasteiger charge is -2.40. The van der Waals surface area contributed by atoms with Crippen LogP contribution in [0.15, 0.2) is 36.4 Å². The number of hydrogen-bond donors (Lipinski definition) is 7. The first-order valence-corrected chi connectivity index (χ1v) is 10.7. The summed E-state index contributed by atoms with van der Waals surface area (Å²) in [6.07, 6.45) is -5.76. The molecule has 0 aliphatic carbocycles. The molecule has 9 heteroatoms. The SMILES string of the molecule is C[NH+]1CCc2ccc(O)c(O[C@@H]3O[C@H](CO)[C@@H](O)[C@H](O)[C@H]3O)c2[C@@H]1Cc1ccc(O)cc1. The molecular formula is C23H30NO8+. The summed E-state index contributed by atoms with van der Waals surface area (Å²) in [7, 11) is 2.05. The lowest BCUT2D eigenvalue weighted by molar-refractivity contribution is -0.914. The summed E-state index contributed by atoms with van der Waals surface area (Å²) in [5.74, 6) is 0.198. The van der Waals surface area contributed by atoms with Crippen molar-refractivity contribution in [3.05, 3.63) is 53.1 Å². The minimum Gasteiger partial charge on any atom is -0.508 e. The molecule has 0 aromatic heterocycles. The van der Waals surface area contributed by atoms with Gasteiger partial charge in [-0.25, -0.2) is 0 Å². The predicted molar refractivity (Wildman–Crippen MR) is 113 cm³/mol. The van der Waals surface area contributed by atoms with Gasteiger partial charge in [0.25, 0.3) is 0 Å². The zero-order valence-electron chi connectivity index (χ0n) is 17.8. The van der Waals surface area contributed by atoms with Gasteiger partial charge in [-0.3, -0.25) is 0 Å². The zero-order chi connectivity index (χ0) is 23.0. The number of hydrogen-bond acceptors (Lipinski definition) is 8. The second-order valence-corrected chi connectivity index (χ2v) is 8.57. The molecule has 7 atom stereocenters. The highest BCUT2D eigenvalue weighted by Crippen LogP contribution is 2.40. The van der Waals surface area contributed by atoms with Crippen LogP contribution in [0.1, 0.15) is 22.7 Å². The van der Waals surface area contributed by atoms with E-state index in [0.29, 0.717) is 6.42 Å². The van der Waals surface area contributed by atoms with E-state index in [-0.39, 0.29) is 23.3 Å². The van der Waals surface area contributed by atoms with Crippen molar-refractivity contribution < 1.29 is 45.0 Å². The molecule has 1 unspecified atom stereocenters. The molecule has 32 heavy (non-hydrogen) atoms. The van der Waals surface area contributed by atoms with Crippen LogP contribution in [0.25, 0.3) is 0 Å². The molecule has 7 N–H and O–H groups in total. The van der Waals surface area contributed by atoms with Crippen LogP contribution in [0.3, 0.4) is 0 Å². The predicted octanol–water partition coefficient (Wildman–Crippen LogP) is -1.37. The summed E-state index contributed by atoms with van der Waals surface area (Å²) >= 11 is 0. The van der Waals surface area contributed by atoms with Gasteiger partial charge >= 0.3 is 0 Å². The summed E-state index contributed by atoms with van der Waals surface area (Å²) in [5.41, 5.74) is 2.78. The van der Waals surface area contributed by atoms with Crippen LogP contribution in [0, 0.1) is 0 Å². The van der Waals surface area contributed by atoms with Crippen LogP contribution in [0.2, 0.25) is 0 Å². The third-order valence-corrected chi connectivity index (χ3v) is 6.46. The number of ether oxygens (including phenoxy) is 2. The average molecular weight is 448 g/mol. The Morgan fingerprint density at radius 2 is 1.72 bits per heavy atom. The van der Waals surface area contributed by atoms with Crippen molar-refractivity contribution in [3.63, 3.8) is 0 Å². The Morgan fingerprint density at radius 3 is 2.41 bits per heavy atom. The maximum Gasteiger partial charge on any atom is 0.229 e. The molecule has 2 aliphatic rings. The smallest absolute Gasteiger partial charge is 0.229 e. The van der Waals surface area contributed by atoms with E-state index in [1.54, 1.807) is 12.1 Å². The van der Waals surface area contributed by atoms with Crippen molar-refractivity contribution in [2.75, 3.05) is 20.2 Å². The number of likely N-dealkylation sites (N-methyl/N-ethyl adjacent to an activating group) is 1. The second-order valence-electron chi connectivity index (χ2n) is 8.57. The first-order chi connectivity index (χ1) is 15.3. The quantitative estimate of drug-likeness (QED) is 0.297. The van der Waals surface area contributed by atoms with Gasteiger partial charge in [-0.15, -0.1) is 0 Å². The van der Waals surface area contributed by atoms with Gasteiger partial charge in [-0.05, 0) is 29.3 Å². The fourth-order valence-corrected chi connectivity index (χ4v) is 4.53. The number of benzene rings is 2. The molecule has 2 aromatic rings. The third kappa shape index (κ3) is 4.27. The van der Waals surface area contributed by atoms with Gasteiger partial charge in [0.1, 0.15) is 36.2 Å². The van der Waals surface area contributed by atoms with Gasteiger partial charge in [0, 0.05) is 12.8 Å². The molecule has 174 valence electrons. The molecule has 0 spiro atoms. The first kappa shape index (κ1) is 22.8. The highest BCUT2D eigenvalue weighted by Gasteiger charge is 2.45. The Morgan fingerprint density at radius 1 is 1.00 bits per heavy atom. The molecule has 0 bridgehead atoms. The highest BCUT2D eigenvalue weighted by atomic mass is 16.7. The summed E-state index contributed by atoms with van der Waals surface area (Å²) in [4.78, 5) is 1.20. The van der Waals surface area contributed by atoms with Crippen molar-refractivity contribution >= 4 is 0 Å². The molecule has 2 aliphatic heterocycles. The number of phenols is 2. The lowest BCUT2D eigenvalue weighted by Crippen LogP contribution is -3.10. The zero-order valence-corrected chi connectivity index (χ0v) is 17.8. The fourth-order valence-electron chi connectivity index (χ4n) is 4.53. The number of aliphatic hydroxyl groups is 4. The van der Waals surface area contributed by atoms with E-state index in [4.69, 9.17) is 9.47 Å². The molecule has 0 radical (unpaired) electrons. The number of quaternary nitrogens is 1. The minimum atomic E-state index is -1.58. The third-order valence-electron chi connectivity index (χ3n) is 6.46. The summed E-state index contributed by atoms with van der Waals surface area (Å²) in [6.45, 7) is 0.306. The Hall–Kier alpha value is -2.40. The fraction of sp³-hybridized carbons (Fsp3) is 0.478. The van der Waals surface area contributed by atoms with Crippen molar-refractivity contribution in [1.82, 2.24) is 0 Å². The van der Waals surface area contributed by atoms with Gasteiger partial charge in [0.15, 0.2) is 11.5 Å². The summed E-state index contributed by atoms with van der Waals surface area (Å²) in [5, 5.41) is 60.2. The Kier molecular flexibility index (Phi) is 6.57.